The Morgan fingerprint density at radius 2 is 2.10 bits per heavy atom. The Labute approximate surface area is 122 Å². The van der Waals surface area contributed by atoms with Crippen LogP contribution in [0, 0.1) is 10.1 Å². The summed E-state index contributed by atoms with van der Waals surface area (Å²) >= 11 is 3.43. The van der Waals surface area contributed by atoms with Gasteiger partial charge in [0.25, 0.3) is 0 Å². The summed E-state index contributed by atoms with van der Waals surface area (Å²) in [6, 6.07) is 6.06. The molecule has 0 unspecified atom stereocenters. The summed E-state index contributed by atoms with van der Waals surface area (Å²) in [5.41, 5.74) is 7.69. The molecule has 7 nitrogen and oxygen atoms in total. The molecule has 2 N–H and O–H groups in total. The normalized spacial score (nSPS) is 13.3. The maximum absolute atomic E-state index is 10.7. The number of nitro groups is 1. The average molecular weight is 336 g/mol. The van der Waals surface area contributed by atoms with Gasteiger partial charge in [-0.05, 0) is 23.3 Å². The van der Waals surface area contributed by atoms with E-state index in [2.05, 4.69) is 25.9 Å². The topological polar surface area (TPSA) is 98.2 Å². The van der Waals surface area contributed by atoms with Gasteiger partial charge in [0.05, 0.1) is 4.92 Å². The van der Waals surface area contributed by atoms with Crippen molar-refractivity contribution in [3.8, 4) is 0 Å². The fourth-order valence-corrected chi connectivity index (χ4v) is 2.58. The third-order valence-electron chi connectivity index (χ3n) is 3.16. The van der Waals surface area contributed by atoms with Gasteiger partial charge in [-0.2, -0.15) is 4.98 Å². The number of fused-ring (bicyclic) bond motifs is 1. The fraction of sp³-hybridized carbons (Fsp3) is 0.167. The second kappa shape index (κ2) is 4.71. The van der Waals surface area contributed by atoms with Crippen LogP contribution < -0.4 is 10.6 Å². The van der Waals surface area contributed by atoms with Crippen LogP contribution in [0.4, 0.5) is 17.5 Å². The number of nitrogens with zero attached hydrogens (tertiary/aromatic N) is 4. The second-order valence-electron chi connectivity index (χ2n) is 4.47. The summed E-state index contributed by atoms with van der Waals surface area (Å²) in [7, 11) is 0. The maximum Gasteiger partial charge on any atom is 0.329 e. The van der Waals surface area contributed by atoms with Crippen molar-refractivity contribution in [3.05, 3.63) is 50.1 Å². The first kappa shape index (κ1) is 12.8. The van der Waals surface area contributed by atoms with Crippen LogP contribution in [0.15, 0.2) is 28.9 Å². The average Bonchev–Trinajstić information content (AvgIpc) is 2.81. The molecular weight excluding hydrogens is 326 g/mol. The van der Waals surface area contributed by atoms with E-state index in [9.17, 15) is 10.1 Å². The molecule has 0 saturated heterocycles. The van der Waals surface area contributed by atoms with Crippen molar-refractivity contribution in [2.45, 2.75) is 13.1 Å². The number of hydrogen-bond donors (Lipinski definition) is 1. The number of benzene rings is 1. The number of rotatable bonds is 2. The zero-order valence-corrected chi connectivity index (χ0v) is 11.9. The van der Waals surface area contributed by atoms with Crippen molar-refractivity contribution in [2.24, 2.45) is 0 Å². The van der Waals surface area contributed by atoms with Gasteiger partial charge < -0.3 is 10.6 Å². The van der Waals surface area contributed by atoms with Gasteiger partial charge in [-0.3, -0.25) is 10.1 Å². The van der Waals surface area contributed by atoms with Gasteiger partial charge in [0.15, 0.2) is 0 Å². The molecule has 0 radical (unpaired) electrons. The molecular formula is C12H10BrN5O2. The standard InChI is InChI=1S/C12H10BrN5O2/c13-9-2-1-7-5-17(6-8(7)3-9)12-15-4-10(18(19)20)11(14)16-12/h1-4H,5-6H2,(H2,14,15,16). The van der Waals surface area contributed by atoms with Gasteiger partial charge in [0.1, 0.15) is 6.20 Å². The molecule has 20 heavy (non-hydrogen) atoms. The van der Waals surface area contributed by atoms with Gasteiger partial charge in [0, 0.05) is 17.6 Å². The van der Waals surface area contributed by atoms with E-state index in [0.717, 1.165) is 10.7 Å². The summed E-state index contributed by atoms with van der Waals surface area (Å²) in [5.74, 6) is 0.289. The molecule has 1 aromatic carbocycles. The van der Waals surface area contributed by atoms with E-state index in [4.69, 9.17) is 5.73 Å². The number of hydrogen-bond acceptors (Lipinski definition) is 6. The minimum absolute atomic E-state index is 0.114. The molecule has 1 aliphatic heterocycles. The lowest BCUT2D eigenvalue weighted by molar-refractivity contribution is -0.384. The predicted octanol–water partition coefficient (Wildman–Crippen LogP) is 2.25. The summed E-state index contributed by atoms with van der Waals surface area (Å²) in [5, 5.41) is 10.7. The zero-order chi connectivity index (χ0) is 14.3. The number of nitrogens with two attached hydrogens (primary N) is 1. The molecule has 3 rings (SSSR count). The summed E-state index contributed by atoms with van der Waals surface area (Å²) in [6.45, 7) is 1.33. The van der Waals surface area contributed by atoms with Crippen molar-refractivity contribution in [1.82, 2.24) is 9.97 Å². The highest BCUT2D eigenvalue weighted by Crippen LogP contribution is 2.29. The molecule has 1 aromatic heterocycles. The van der Waals surface area contributed by atoms with Crippen LogP contribution >= 0.6 is 15.9 Å². The Hall–Kier alpha value is -2.22. The minimum atomic E-state index is -0.588. The molecule has 0 fully saturated rings. The highest BCUT2D eigenvalue weighted by Gasteiger charge is 2.23. The molecule has 0 aliphatic carbocycles. The van der Waals surface area contributed by atoms with Crippen molar-refractivity contribution in [3.63, 3.8) is 0 Å². The van der Waals surface area contributed by atoms with Crippen LogP contribution in [-0.4, -0.2) is 14.9 Å². The smallest absolute Gasteiger partial charge is 0.329 e. The summed E-state index contributed by atoms with van der Waals surface area (Å²) < 4.78 is 1.02. The highest BCUT2D eigenvalue weighted by molar-refractivity contribution is 9.10. The fourth-order valence-electron chi connectivity index (χ4n) is 2.18. The highest BCUT2D eigenvalue weighted by atomic mass is 79.9. The van der Waals surface area contributed by atoms with Crippen molar-refractivity contribution >= 4 is 33.4 Å². The third-order valence-corrected chi connectivity index (χ3v) is 3.65. The van der Waals surface area contributed by atoms with Crippen LogP contribution in [0.3, 0.4) is 0 Å². The van der Waals surface area contributed by atoms with E-state index in [-0.39, 0.29) is 11.5 Å². The van der Waals surface area contributed by atoms with Crippen LogP contribution in [-0.2, 0) is 13.1 Å². The quantitative estimate of drug-likeness (QED) is 0.667. The lowest BCUT2D eigenvalue weighted by Gasteiger charge is -2.14. The van der Waals surface area contributed by atoms with Crippen molar-refractivity contribution < 1.29 is 4.92 Å². The van der Waals surface area contributed by atoms with E-state index < -0.39 is 4.92 Å². The lowest BCUT2D eigenvalue weighted by Crippen LogP contribution is -2.18. The van der Waals surface area contributed by atoms with E-state index >= 15 is 0 Å². The Morgan fingerprint density at radius 1 is 1.35 bits per heavy atom. The molecule has 2 aromatic rings. The van der Waals surface area contributed by atoms with Crippen molar-refractivity contribution in [1.29, 1.82) is 0 Å². The molecule has 0 bridgehead atoms. The molecule has 0 amide bonds. The number of aromatic nitrogens is 2. The largest absolute Gasteiger partial charge is 0.378 e. The Bertz CT molecular complexity index is 706. The molecule has 2 heterocycles. The molecule has 0 atom stereocenters. The summed E-state index contributed by atoms with van der Waals surface area (Å²) in [6.07, 6.45) is 1.15. The van der Waals surface area contributed by atoms with E-state index in [1.807, 2.05) is 23.1 Å². The zero-order valence-electron chi connectivity index (χ0n) is 10.3. The predicted molar refractivity (Wildman–Crippen MR) is 77.1 cm³/mol. The first-order chi connectivity index (χ1) is 9.54. The first-order valence-electron chi connectivity index (χ1n) is 5.84. The molecule has 8 heteroatoms. The van der Waals surface area contributed by atoms with Crippen LogP contribution in [0.25, 0.3) is 0 Å². The SMILES string of the molecule is Nc1nc(N2Cc3ccc(Br)cc3C2)ncc1[N+](=O)[O-]. The van der Waals surface area contributed by atoms with Gasteiger partial charge in [-0.1, -0.05) is 22.0 Å². The number of nitrogen functional groups attached to an aromatic ring is 1. The second-order valence-corrected chi connectivity index (χ2v) is 5.38. The third kappa shape index (κ3) is 2.18. The van der Waals surface area contributed by atoms with Crippen molar-refractivity contribution in [2.75, 3.05) is 10.6 Å². The molecule has 0 spiro atoms. The maximum atomic E-state index is 10.7. The first-order valence-corrected chi connectivity index (χ1v) is 6.63. The van der Waals surface area contributed by atoms with Gasteiger partial charge in [0.2, 0.25) is 11.8 Å². The number of anilines is 2. The Kier molecular flexibility index (Phi) is 3.01. The minimum Gasteiger partial charge on any atom is -0.378 e. The monoisotopic (exact) mass is 335 g/mol. The van der Waals surface area contributed by atoms with E-state index in [1.165, 1.54) is 11.1 Å². The molecule has 0 saturated carbocycles. The van der Waals surface area contributed by atoms with Crippen LogP contribution in [0.2, 0.25) is 0 Å². The lowest BCUT2D eigenvalue weighted by atomic mass is 10.1. The Morgan fingerprint density at radius 3 is 2.80 bits per heavy atom. The molecule has 1 aliphatic rings. The van der Waals surface area contributed by atoms with E-state index in [0.29, 0.717) is 19.0 Å². The number of halogens is 1. The van der Waals surface area contributed by atoms with Crippen LogP contribution in [0.5, 0.6) is 0 Å². The van der Waals surface area contributed by atoms with Crippen LogP contribution in [0.1, 0.15) is 11.1 Å². The molecule has 102 valence electrons. The van der Waals surface area contributed by atoms with Gasteiger partial charge in [-0.15, -0.1) is 0 Å². The van der Waals surface area contributed by atoms with E-state index in [1.54, 1.807) is 0 Å². The summed E-state index contributed by atoms with van der Waals surface area (Å²) in [4.78, 5) is 20.1. The van der Waals surface area contributed by atoms with Gasteiger partial charge in [-0.25, -0.2) is 4.98 Å². The Balaban J connectivity index is 1.89. The van der Waals surface area contributed by atoms with Gasteiger partial charge >= 0.3 is 5.69 Å².